The summed E-state index contributed by atoms with van der Waals surface area (Å²) in [5.74, 6) is 0.756. The highest BCUT2D eigenvalue weighted by Gasteiger charge is 2.03. The first-order valence-corrected chi connectivity index (χ1v) is 7.70. The molecule has 7 heteroatoms. The van der Waals surface area contributed by atoms with Gasteiger partial charge in [-0.15, -0.1) is 0 Å². The Labute approximate surface area is 139 Å². The number of hydrogen-bond acceptors (Lipinski definition) is 7. The van der Waals surface area contributed by atoms with E-state index in [0.29, 0.717) is 23.6 Å². The second-order valence-electron chi connectivity index (χ2n) is 5.52. The number of nitrogens with zero attached hydrogens (tertiary/aromatic N) is 1. The van der Waals surface area contributed by atoms with Crippen molar-refractivity contribution >= 4 is 11.0 Å². The first-order chi connectivity index (χ1) is 11.6. The minimum absolute atomic E-state index is 0.120. The predicted molar refractivity (Wildman–Crippen MR) is 90.1 cm³/mol. The van der Waals surface area contributed by atoms with Gasteiger partial charge in [-0.1, -0.05) is 6.92 Å². The molecule has 0 saturated heterocycles. The van der Waals surface area contributed by atoms with E-state index in [1.165, 1.54) is 6.07 Å². The van der Waals surface area contributed by atoms with Crippen LogP contribution >= 0.6 is 0 Å². The highest BCUT2D eigenvalue weighted by atomic mass is 16.5. The Hall–Kier alpha value is -2.67. The molecule has 1 atom stereocenters. The van der Waals surface area contributed by atoms with E-state index in [4.69, 9.17) is 19.8 Å². The van der Waals surface area contributed by atoms with E-state index >= 15 is 0 Å². The maximum absolute atomic E-state index is 11.2. The zero-order valence-electron chi connectivity index (χ0n) is 13.5. The van der Waals surface area contributed by atoms with Crippen LogP contribution in [0.5, 0.6) is 5.75 Å². The minimum atomic E-state index is -0.414. The largest absolute Gasteiger partial charge is 0.487 e. The van der Waals surface area contributed by atoms with Crippen molar-refractivity contribution in [2.24, 2.45) is 11.0 Å². The van der Waals surface area contributed by atoms with Gasteiger partial charge in [-0.2, -0.15) is 5.11 Å². The summed E-state index contributed by atoms with van der Waals surface area (Å²) in [6.45, 7) is 2.92. The molecule has 0 bridgehead atoms. The number of rotatable bonds is 9. The Morgan fingerprint density at radius 1 is 1.46 bits per heavy atom. The fourth-order valence-corrected chi connectivity index (χ4v) is 2.01. The van der Waals surface area contributed by atoms with Gasteiger partial charge >= 0.3 is 5.63 Å². The van der Waals surface area contributed by atoms with Crippen LogP contribution in [0.25, 0.3) is 11.0 Å². The Bertz CT molecular complexity index is 770. The molecule has 2 aromatic rings. The summed E-state index contributed by atoms with van der Waals surface area (Å²) in [7, 11) is 0. The third kappa shape index (κ3) is 5.20. The van der Waals surface area contributed by atoms with Gasteiger partial charge in [-0.05, 0) is 30.5 Å². The Morgan fingerprint density at radius 3 is 3.00 bits per heavy atom. The first-order valence-electron chi connectivity index (χ1n) is 7.70. The maximum Gasteiger partial charge on any atom is 0.336 e. The Balaban J connectivity index is 1.92. The zero-order valence-corrected chi connectivity index (χ0v) is 13.5. The van der Waals surface area contributed by atoms with Gasteiger partial charge in [0, 0.05) is 36.9 Å². The van der Waals surface area contributed by atoms with Gasteiger partial charge < -0.3 is 19.6 Å². The maximum atomic E-state index is 11.2. The lowest BCUT2D eigenvalue weighted by molar-refractivity contribution is 0.230. The molecule has 0 amide bonds. The van der Waals surface area contributed by atoms with Crippen LogP contribution in [0.3, 0.4) is 0 Å². The molecule has 0 aliphatic heterocycles. The zero-order chi connectivity index (χ0) is 17.4. The molecule has 0 aliphatic rings. The van der Waals surface area contributed by atoms with E-state index in [2.05, 4.69) is 10.4 Å². The number of hydrogen-bond donors (Lipinski definition) is 3. The number of nitrogens with one attached hydrogen (secondary N) is 2. The van der Waals surface area contributed by atoms with Crippen molar-refractivity contribution in [1.29, 1.82) is 5.53 Å². The van der Waals surface area contributed by atoms with Crippen LogP contribution in [0.1, 0.15) is 13.3 Å². The summed E-state index contributed by atoms with van der Waals surface area (Å²) < 4.78 is 10.7. The van der Waals surface area contributed by atoms with E-state index in [1.807, 2.05) is 6.92 Å². The molecule has 0 spiro atoms. The van der Waals surface area contributed by atoms with Crippen LogP contribution in [0.4, 0.5) is 0 Å². The SMILES string of the molecule is C[C@@H](CO)CCN/C=C(/COc1ccc2ccc(=O)oc2c1)N=N. The highest BCUT2D eigenvalue weighted by molar-refractivity contribution is 5.77. The van der Waals surface area contributed by atoms with Crippen LogP contribution in [0.15, 0.2) is 56.6 Å². The van der Waals surface area contributed by atoms with Gasteiger partial charge in [0.1, 0.15) is 23.6 Å². The Kier molecular flexibility index (Phi) is 6.51. The lowest BCUT2D eigenvalue weighted by Gasteiger charge is -2.09. The van der Waals surface area contributed by atoms with E-state index in [-0.39, 0.29) is 19.1 Å². The molecule has 1 aromatic carbocycles. The second kappa shape index (κ2) is 8.83. The van der Waals surface area contributed by atoms with E-state index in [1.54, 1.807) is 30.5 Å². The van der Waals surface area contributed by atoms with Crippen LogP contribution in [-0.2, 0) is 0 Å². The van der Waals surface area contributed by atoms with Crippen LogP contribution in [-0.4, -0.2) is 24.9 Å². The van der Waals surface area contributed by atoms with Gasteiger partial charge in [-0.3, -0.25) is 0 Å². The third-order valence-electron chi connectivity index (χ3n) is 3.49. The molecule has 0 fully saturated rings. The number of ether oxygens (including phenoxy) is 1. The van der Waals surface area contributed by atoms with Crippen LogP contribution < -0.4 is 15.7 Å². The summed E-state index contributed by atoms with van der Waals surface area (Å²) in [5.41, 5.74) is 7.64. The summed E-state index contributed by atoms with van der Waals surface area (Å²) >= 11 is 0. The Morgan fingerprint density at radius 2 is 2.25 bits per heavy atom. The lowest BCUT2D eigenvalue weighted by Crippen LogP contribution is -2.14. The molecule has 1 heterocycles. The number of aliphatic hydroxyl groups excluding tert-OH is 1. The van der Waals surface area contributed by atoms with Gasteiger partial charge in [0.25, 0.3) is 0 Å². The fourth-order valence-electron chi connectivity index (χ4n) is 2.01. The van der Waals surface area contributed by atoms with Crippen molar-refractivity contribution in [1.82, 2.24) is 5.32 Å². The van der Waals surface area contributed by atoms with Gasteiger partial charge in [0.2, 0.25) is 0 Å². The van der Waals surface area contributed by atoms with Gasteiger partial charge in [0.15, 0.2) is 0 Å². The van der Waals surface area contributed by atoms with E-state index in [9.17, 15) is 4.79 Å². The summed E-state index contributed by atoms with van der Waals surface area (Å²) in [5, 5.41) is 16.2. The lowest BCUT2D eigenvalue weighted by atomic mass is 10.1. The summed E-state index contributed by atoms with van der Waals surface area (Å²) in [6.07, 6.45) is 2.45. The molecular formula is C17H21N3O4. The normalized spacial score (nSPS) is 12.8. The van der Waals surface area contributed by atoms with Gasteiger partial charge in [-0.25, -0.2) is 10.3 Å². The van der Waals surface area contributed by atoms with Crippen molar-refractivity contribution < 1.29 is 14.3 Å². The van der Waals surface area contributed by atoms with Crippen LogP contribution in [0.2, 0.25) is 0 Å². The molecule has 3 N–H and O–H groups in total. The molecule has 1 aromatic heterocycles. The molecule has 0 aliphatic carbocycles. The highest BCUT2D eigenvalue weighted by Crippen LogP contribution is 2.19. The van der Waals surface area contributed by atoms with Crippen molar-refractivity contribution in [3.05, 3.63) is 52.6 Å². The molecule has 128 valence electrons. The molecule has 0 saturated carbocycles. The van der Waals surface area contributed by atoms with E-state index < -0.39 is 5.63 Å². The van der Waals surface area contributed by atoms with Crippen molar-refractivity contribution in [3.8, 4) is 5.75 Å². The monoisotopic (exact) mass is 331 g/mol. The number of aliphatic hydroxyl groups is 1. The fraction of sp³-hybridized carbons (Fsp3) is 0.353. The summed E-state index contributed by atoms with van der Waals surface area (Å²) in [6, 6.07) is 8.25. The third-order valence-corrected chi connectivity index (χ3v) is 3.49. The molecule has 7 nitrogen and oxygen atoms in total. The average Bonchev–Trinajstić information content (AvgIpc) is 2.60. The number of fused-ring (bicyclic) bond motifs is 1. The van der Waals surface area contributed by atoms with Crippen molar-refractivity contribution in [2.75, 3.05) is 19.8 Å². The standard InChI is InChI=1S/C17H21N3O4/c1-12(10-21)6-7-19-9-14(20-18)11-23-15-4-2-13-3-5-17(22)24-16(13)8-15/h2-5,8-9,12,18-19,21H,6-7,10-11H2,1H3/b14-9-,20-18?/t12-/m1/s1. The topological polar surface area (TPSA) is 108 Å². The molecule has 0 unspecified atom stereocenters. The molecule has 2 rings (SSSR count). The minimum Gasteiger partial charge on any atom is -0.487 e. The summed E-state index contributed by atoms with van der Waals surface area (Å²) in [4.78, 5) is 11.2. The molecule has 0 radical (unpaired) electrons. The first kappa shape index (κ1) is 17.7. The van der Waals surface area contributed by atoms with Crippen LogP contribution in [0, 0.1) is 11.4 Å². The van der Waals surface area contributed by atoms with Crippen molar-refractivity contribution in [2.45, 2.75) is 13.3 Å². The van der Waals surface area contributed by atoms with Gasteiger partial charge in [0.05, 0.1) is 0 Å². The number of benzene rings is 1. The molecule has 24 heavy (non-hydrogen) atoms. The van der Waals surface area contributed by atoms with E-state index in [0.717, 1.165) is 11.8 Å². The molecular weight excluding hydrogens is 310 g/mol. The quantitative estimate of drug-likeness (QED) is 0.372. The smallest absolute Gasteiger partial charge is 0.336 e. The average molecular weight is 331 g/mol. The van der Waals surface area contributed by atoms with Crippen molar-refractivity contribution in [3.63, 3.8) is 0 Å². The second-order valence-corrected chi connectivity index (χ2v) is 5.52. The predicted octanol–water partition coefficient (Wildman–Crippen LogP) is 2.65.